The smallest absolute Gasteiger partial charge is 0.149 e. The Balaban J connectivity index is 0.000000136. The molecule has 0 spiro atoms. The number of fused-ring (bicyclic) bond motifs is 4. The molecule has 364 valence electrons. The summed E-state index contributed by atoms with van der Waals surface area (Å²) < 4.78 is 39.9. The molecule has 4 aromatic carbocycles. The van der Waals surface area contributed by atoms with Gasteiger partial charge in [0.1, 0.15) is 22.7 Å². The molecule has 0 amide bonds. The van der Waals surface area contributed by atoms with E-state index in [4.69, 9.17) is 26.1 Å². The number of anilines is 5. The van der Waals surface area contributed by atoms with E-state index in [0.717, 1.165) is 93.6 Å². The highest BCUT2D eigenvalue weighted by molar-refractivity contribution is 6.36. The highest BCUT2D eigenvalue weighted by Gasteiger charge is 2.38. The number of benzene rings is 4. The number of nitrogens with one attached hydrogen (secondary N) is 1. The van der Waals surface area contributed by atoms with Gasteiger partial charge in [-0.1, -0.05) is 87.8 Å². The molecule has 4 aliphatic heterocycles. The maximum atomic E-state index is 15.1. The van der Waals surface area contributed by atoms with Crippen LogP contribution in [0.3, 0.4) is 0 Å². The van der Waals surface area contributed by atoms with Gasteiger partial charge in [0.2, 0.25) is 0 Å². The summed E-state index contributed by atoms with van der Waals surface area (Å²) in [5, 5.41) is 5.48. The first-order valence-corrected chi connectivity index (χ1v) is 24.8. The van der Waals surface area contributed by atoms with E-state index in [1.165, 1.54) is 46.0 Å². The maximum absolute atomic E-state index is 15.1. The van der Waals surface area contributed by atoms with E-state index in [9.17, 15) is 4.39 Å². The van der Waals surface area contributed by atoms with Gasteiger partial charge in [0.05, 0.1) is 59.9 Å². The van der Waals surface area contributed by atoms with Crippen LogP contribution in [-0.2, 0) is 20.3 Å². The van der Waals surface area contributed by atoms with E-state index in [-0.39, 0.29) is 28.0 Å². The van der Waals surface area contributed by atoms with Crippen molar-refractivity contribution < 1.29 is 18.3 Å². The molecule has 12 rings (SSSR count). The largest absolute Gasteiger partial charge is 0.384 e. The Morgan fingerprint density at radius 1 is 0.592 bits per heavy atom. The van der Waals surface area contributed by atoms with Gasteiger partial charge in [0, 0.05) is 102 Å². The van der Waals surface area contributed by atoms with Crippen LogP contribution >= 0.6 is 11.6 Å². The molecule has 2 saturated heterocycles. The number of nitrogens with zero attached hydrogens (tertiary/aromatic N) is 7. The van der Waals surface area contributed by atoms with E-state index in [2.05, 4.69) is 106 Å². The van der Waals surface area contributed by atoms with E-state index in [0.29, 0.717) is 33.0 Å². The lowest BCUT2D eigenvalue weighted by molar-refractivity contribution is 0.122. The average molecular weight is 974 g/mol. The Kier molecular flexibility index (Phi) is 13.4. The van der Waals surface area contributed by atoms with Crippen molar-refractivity contribution in [3.63, 3.8) is 0 Å². The molecule has 71 heavy (non-hydrogen) atoms. The summed E-state index contributed by atoms with van der Waals surface area (Å²) in [5.41, 5.74) is 14.2. The van der Waals surface area contributed by atoms with Gasteiger partial charge in [-0.25, -0.2) is 18.7 Å². The molecule has 10 nitrogen and oxygen atoms in total. The van der Waals surface area contributed by atoms with Gasteiger partial charge in [0.25, 0.3) is 0 Å². The van der Waals surface area contributed by atoms with Crippen LogP contribution in [0.15, 0.2) is 122 Å². The molecule has 0 unspecified atom stereocenters. The molecule has 8 aromatic rings. The van der Waals surface area contributed by atoms with E-state index in [1.54, 1.807) is 30.6 Å². The second-order valence-electron chi connectivity index (χ2n) is 19.9. The zero-order valence-electron chi connectivity index (χ0n) is 41.2. The number of rotatable bonds is 5. The quantitative estimate of drug-likeness (QED) is 0.180. The minimum Gasteiger partial charge on any atom is -0.384 e. The molecule has 13 heteroatoms. The molecule has 8 heterocycles. The molecule has 2 fully saturated rings. The summed E-state index contributed by atoms with van der Waals surface area (Å²) in [6.07, 6.45) is 3.43. The Labute approximate surface area is 419 Å². The van der Waals surface area contributed by atoms with Crippen LogP contribution in [-0.4, -0.2) is 85.6 Å². The minimum absolute atomic E-state index is 0.0562. The monoisotopic (exact) mass is 972 g/mol. The highest BCUT2D eigenvalue weighted by atomic mass is 35.5. The van der Waals surface area contributed by atoms with E-state index < -0.39 is 0 Å². The van der Waals surface area contributed by atoms with Crippen molar-refractivity contribution in [2.24, 2.45) is 0 Å². The van der Waals surface area contributed by atoms with Crippen LogP contribution in [0.4, 0.5) is 37.2 Å². The molecule has 4 aliphatic rings. The van der Waals surface area contributed by atoms with Crippen LogP contribution in [0.2, 0.25) is 5.02 Å². The maximum Gasteiger partial charge on any atom is 0.149 e. The minimum atomic E-state index is -0.378. The normalized spacial score (nSPS) is 16.7. The third kappa shape index (κ3) is 9.48. The fraction of sp³-hybridized carbons (Fsp3) is 0.310. The summed E-state index contributed by atoms with van der Waals surface area (Å²) in [6, 6.07) is 34.9. The van der Waals surface area contributed by atoms with Crippen molar-refractivity contribution in [1.82, 2.24) is 19.9 Å². The van der Waals surface area contributed by atoms with Gasteiger partial charge in [-0.15, -0.1) is 0 Å². The number of morpholine rings is 2. The van der Waals surface area contributed by atoms with Gasteiger partial charge in [-0.05, 0) is 91.2 Å². The first-order chi connectivity index (χ1) is 34.3. The molecule has 0 atom stereocenters. The lowest BCUT2D eigenvalue weighted by atomic mass is 9.87. The van der Waals surface area contributed by atoms with Crippen LogP contribution in [0.25, 0.3) is 44.6 Å². The highest BCUT2D eigenvalue weighted by Crippen LogP contribution is 2.49. The summed E-state index contributed by atoms with van der Waals surface area (Å²) in [5.74, 6) is -0.696. The van der Waals surface area contributed by atoms with E-state index >= 15 is 4.39 Å². The van der Waals surface area contributed by atoms with Crippen LogP contribution in [0, 0.1) is 25.5 Å². The van der Waals surface area contributed by atoms with Gasteiger partial charge in [-0.2, -0.15) is 0 Å². The third-order valence-electron chi connectivity index (χ3n) is 14.2. The van der Waals surface area contributed by atoms with Crippen molar-refractivity contribution >= 4 is 61.8 Å². The number of ether oxygens (including phenoxy) is 2. The number of para-hydroxylation sites is 2. The van der Waals surface area contributed by atoms with Gasteiger partial charge in [0.15, 0.2) is 0 Å². The first-order valence-electron chi connectivity index (χ1n) is 24.4. The van der Waals surface area contributed by atoms with E-state index in [1.807, 2.05) is 49.4 Å². The lowest BCUT2D eigenvalue weighted by Crippen LogP contribution is -2.36. The first kappa shape index (κ1) is 47.9. The van der Waals surface area contributed by atoms with Crippen molar-refractivity contribution in [3.05, 3.63) is 160 Å². The lowest BCUT2D eigenvalue weighted by Gasteiger charge is -2.30. The van der Waals surface area contributed by atoms with Crippen LogP contribution < -0.4 is 20.0 Å². The Bertz CT molecular complexity index is 3230. The Hall–Kier alpha value is -6.73. The second-order valence-corrected chi connectivity index (χ2v) is 20.3. The third-order valence-corrected chi connectivity index (χ3v) is 14.6. The molecule has 0 radical (unpaired) electrons. The van der Waals surface area contributed by atoms with Crippen molar-refractivity contribution in [2.75, 3.05) is 85.7 Å². The van der Waals surface area contributed by atoms with Crippen molar-refractivity contribution in [1.29, 1.82) is 0 Å². The molecule has 1 N–H and O–H groups in total. The zero-order chi connectivity index (χ0) is 49.4. The Morgan fingerprint density at radius 2 is 1.13 bits per heavy atom. The summed E-state index contributed by atoms with van der Waals surface area (Å²) in [4.78, 5) is 25.1. The second kappa shape index (κ2) is 19.8. The average Bonchev–Trinajstić information content (AvgIpc) is 3.85. The molecule has 0 bridgehead atoms. The SMILES string of the molecule is CC1(C)CNc2cc(N3CCOCC3)ccc21.Cc1c(-c2ccccn2)nc2c(F)cccc2c1Cl.Cc1c(-c2ccccn2)nc2c(F)cccc2c1N1CC(C)(C)c2ccc(N3CCOCC3)cc21. The molecular formula is C58H59ClF2N8O2. The molecule has 0 aliphatic carbocycles. The fourth-order valence-electron chi connectivity index (χ4n) is 10.3. The van der Waals surface area contributed by atoms with Gasteiger partial charge >= 0.3 is 0 Å². The zero-order valence-corrected chi connectivity index (χ0v) is 42.0. The van der Waals surface area contributed by atoms with Crippen molar-refractivity contribution in [2.45, 2.75) is 52.4 Å². The standard InChI is InChI=1S/C29H29FN4O.C15H10ClFN2.C14H20N2O/c1-19-26(24-9-4-5-12-31-24)32-27-21(7-6-8-23(27)30)28(19)34-18-29(2,3)22-11-10-20(17-25(22)34)33-13-15-35-16-14-33;1-9-13(16)10-5-4-6-11(17)15(10)19-14(9)12-7-2-3-8-18-12;1-14(2)10-15-13-9-11(3-4-12(13)14)16-5-7-17-8-6-16/h4-12,17H,13-16,18H2,1-3H3;2-8H,1H3;3-4,9,15H,5-8,10H2,1-2H3. The number of pyridine rings is 4. The summed E-state index contributed by atoms with van der Waals surface area (Å²) in [7, 11) is 0. The number of aromatic nitrogens is 4. The predicted octanol–water partition coefficient (Wildman–Crippen LogP) is 12.6. The van der Waals surface area contributed by atoms with Gasteiger partial charge in [-0.3, -0.25) is 9.97 Å². The van der Waals surface area contributed by atoms with Crippen LogP contribution in [0.1, 0.15) is 49.9 Å². The summed E-state index contributed by atoms with van der Waals surface area (Å²) >= 11 is 6.32. The number of hydrogen-bond acceptors (Lipinski definition) is 10. The number of halogens is 3. The van der Waals surface area contributed by atoms with Crippen molar-refractivity contribution in [3.8, 4) is 22.8 Å². The topological polar surface area (TPSA) is 91.8 Å². The number of hydrogen-bond donors (Lipinski definition) is 1. The fourth-order valence-corrected chi connectivity index (χ4v) is 10.5. The Morgan fingerprint density at radius 3 is 1.70 bits per heavy atom. The van der Waals surface area contributed by atoms with Crippen LogP contribution in [0.5, 0.6) is 0 Å². The molecule has 4 aromatic heterocycles. The molecule has 0 saturated carbocycles. The molecular weight excluding hydrogens is 914 g/mol. The van der Waals surface area contributed by atoms with Gasteiger partial charge < -0.3 is 29.5 Å². The summed E-state index contributed by atoms with van der Waals surface area (Å²) in [6.45, 7) is 21.9. The predicted molar refractivity (Wildman–Crippen MR) is 285 cm³/mol.